The SMILES string of the molecule is C[N+]1(C)C=C(C=CNc2ccccc2)c2c1ccc1ccccc21. The standard InChI is InChI=1S/C22H21N2/c1-24(2)16-18(14-15-23-19-9-4-3-5-10-19)22-20-11-7-6-8-17(20)12-13-21(22)24/h3-16,23H,1-2H3/q+1. The predicted molar refractivity (Wildman–Crippen MR) is 105 cm³/mol. The van der Waals surface area contributed by atoms with Crippen molar-refractivity contribution in [2.24, 2.45) is 0 Å². The second-order valence-corrected chi connectivity index (χ2v) is 6.65. The van der Waals surface area contributed by atoms with Crippen molar-refractivity contribution in [3.8, 4) is 0 Å². The lowest BCUT2D eigenvalue weighted by atomic mass is 9.98. The van der Waals surface area contributed by atoms with E-state index in [-0.39, 0.29) is 0 Å². The largest absolute Gasteiger partial charge is 0.362 e. The average molecular weight is 313 g/mol. The molecular weight excluding hydrogens is 292 g/mol. The Labute approximate surface area is 142 Å². The molecule has 0 fully saturated rings. The molecule has 1 N–H and O–H groups in total. The van der Waals surface area contributed by atoms with Gasteiger partial charge in [-0.1, -0.05) is 42.5 Å². The normalized spacial score (nSPS) is 15.5. The summed E-state index contributed by atoms with van der Waals surface area (Å²) in [6, 6.07) is 23.3. The van der Waals surface area contributed by atoms with Gasteiger partial charge < -0.3 is 5.32 Å². The van der Waals surface area contributed by atoms with E-state index in [0.717, 1.165) is 10.2 Å². The van der Waals surface area contributed by atoms with E-state index in [1.807, 2.05) is 24.4 Å². The number of quaternary nitrogens is 1. The molecule has 0 saturated heterocycles. The number of hydrogen-bond donors (Lipinski definition) is 1. The van der Waals surface area contributed by atoms with Gasteiger partial charge in [-0.05, 0) is 35.0 Å². The number of nitrogens with zero attached hydrogens (tertiary/aromatic N) is 1. The summed E-state index contributed by atoms with van der Waals surface area (Å²) >= 11 is 0. The van der Waals surface area contributed by atoms with Crippen molar-refractivity contribution in [3.63, 3.8) is 0 Å². The fraction of sp³-hybridized carbons (Fsp3) is 0.0909. The van der Waals surface area contributed by atoms with Gasteiger partial charge in [-0.3, -0.25) is 4.48 Å². The van der Waals surface area contributed by atoms with E-state index in [0.29, 0.717) is 0 Å². The molecule has 0 radical (unpaired) electrons. The molecule has 0 aliphatic carbocycles. The van der Waals surface area contributed by atoms with Crippen LogP contribution in [0.3, 0.4) is 0 Å². The van der Waals surface area contributed by atoms with Gasteiger partial charge in [0.2, 0.25) is 0 Å². The predicted octanol–water partition coefficient (Wildman–Crippen LogP) is 5.39. The number of rotatable bonds is 3. The number of anilines is 1. The van der Waals surface area contributed by atoms with Crippen molar-refractivity contribution in [1.29, 1.82) is 0 Å². The van der Waals surface area contributed by atoms with E-state index >= 15 is 0 Å². The molecule has 3 aromatic carbocycles. The quantitative estimate of drug-likeness (QED) is 0.639. The van der Waals surface area contributed by atoms with Crippen LogP contribution in [0.2, 0.25) is 0 Å². The number of nitrogens with one attached hydrogen (secondary N) is 1. The Bertz CT molecular complexity index is 950. The van der Waals surface area contributed by atoms with Gasteiger partial charge in [0.1, 0.15) is 11.9 Å². The molecular formula is C22H21N2+. The molecule has 0 spiro atoms. The zero-order valence-electron chi connectivity index (χ0n) is 14.0. The molecule has 0 unspecified atom stereocenters. The summed E-state index contributed by atoms with van der Waals surface area (Å²) in [5, 5.41) is 5.95. The fourth-order valence-electron chi connectivity index (χ4n) is 3.41. The molecule has 1 aliphatic heterocycles. The van der Waals surface area contributed by atoms with Crippen molar-refractivity contribution >= 4 is 27.7 Å². The number of benzene rings is 3. The molecule has 4 rings (SSSR count). The first-order chi connectivity index (χ1) is 11.6. The third kappa shape index (κ3) is 2.51. The smallest absolute Gasteiger partial charge is 0.145 e. The van der Waals surface area contributed by atoms with Crippen molar-refractivity contribution in [2.75, 3.05) is 19.4 Å². The van der Waals surface area contributed by atoms with Gasteiger partial charge in [-0.15, -0.1) is 0 Å². The molecule has 0 saturated carbocycles. The minimum Gasteiger partial charge on any atom is -0.362 e. The van der Waals surface area contributed by atoms with Crippen molar-refractivity contribution in [3.05, 3.63) is 90.8 Å². The van der Waals surface area contributed by atoms with Crippen LogP contribution in [-0.4, -0.2) is 14.1 Å². The summed E-state index contributed by atoms with van der Waals surface area (Å²) in [6.45, 7) is 0. The van der Waals surface area contributed by atoms with Crippen molar-refractivity contribution in [2.45, 2.75) is 0 Å². The summed E-state index contributed by atoms with van der Waals surface area (Å²) in [6.07, 6.45) is 6.50. The molecule has 0 amide bonds. The number of para-hydroxylation sites is 1. The first-order valence-corrected chi connectivity index (χ1v) is 8.22. The monoisotopic (exact) mass is 313 g/mol. The minimum absolute atomic E-state index is 0.769. The summed E-state index contributed by atoms with van der Waals surface area (Å²) in [5.74, 6) is 0. The topological polar surface area (TPSA) is 12.0 Å². The van der Waals surface area contributed by atoms with Crippen molar-refractivity contribution < 1.29 is 0 Å². The zero-order valence-corrected chi connectivity index (χ0v) is 14.0. The van der Waals surface area contributed by atoms with Crippen LogP contribution in [0.15, 0.2) is 85.2 Å². The van der Waals surface area contributed by atoms with Crippen LogP contribution in [0.5, 0.6) is 0 Å². The van der Waals surface area contributed by atoms with E-state index in [9.17, 15) is 0 Å². The van der Waals surface area contributed by atoms with E-state index in [1.165, 1.54) is 27.6 Å². The van der Waals surface area contributed by atoms with Gasteiger partial charge in [-0.25, -0.2) is 0 Å². The highest BCUT2D eigenvalue weighted by atomic mass is 15.3. The van der Waals surface area contributed by atoms with Crippen molar-refractivity contribution in [1.82, 2.24) is 4.48 Å². The first kappa shape index (κ1) is 14.7. The third-order valence-corrected chi connectivity index (χ3v) is 4.57. The lowest BCUT2D eigenvalue weighted by Gasteiger charge is -2.21. The molecule has 0 aromatic heterocycles. The summed E-state index contributed by atoms with van der Waals surface area (Å²) in [5.41, 5.74) is 5.03. The van der Waals surface area contributed by atoms with Crippen LogP contribution in [0, 0.1) is 0 Å². The van der Waals surface area contributed by atoms with Crippen LogP contribution in [0.25, 0.3) is 16.3 Å². The maximum atomic E-state index is 3.35. The summed E-state index contributed by atoms with van der Waals surface area (Å²) < 4.78 is 0.769. The number of allylic oxidation sites excluding steroid dienone is 2. The van der Waals surface area contributed by atoms with E-state index in [2.05, 4.69) is 80.2 Å². The molecule has 1 heterocycles. The Balaban J connectivity index is 1.74. The molecule has 2 heteroatoms. The van der Waals surface area contributed by atoms with Crippen LogP contribution >= 0.6 is 0 Å². The Morgan fingerprint density at radius 3 is 2.42 bits per heavy atom. The third-order valence-electron chi connectivity index (χ3n) is 4.57. The van der Waals surface area contributed by atoms with Gasteiger partial charge in [0.15, 0.2) is 0 Å². The molecule has 0 bridgehead atoms. The highest BCUT2D eigenvalue weighted by Crippen LogP contribution is 2.42. The zero-order chi connectivity index (χ0) is 16.6. The van der Waals surface area contributed by atoms with Crippen LogP contribution < -0.4 is 9.80 Å². The van der Waals surface area contributed by atoms with Gasteiger partial charge in [-0.2, -0.15) is 0 Å². The Morgan fingerprint density at radius 2 is 1.58 bits per heavy atom. The number of fused-ring (bicyclic) bond motifs is 3. The maximum Gasteiger partial charge on any atom is 0.145 e. The van der Waals surface area contributed by atoms with E-state index in [4.69, 9.17) is 0 Å². The first-order valence-electron chi connectivity index (χ1n) is 8.22. The molecule has 0 atom stereocenters. The fourth-order valence-corrected chi connectivity index (χ4v) is 3.41. The Hall–Kier alpha value is -2.84. The minimum atomic E-state index is 0.769. The van der Waals surface area contributed by atoms with E-state index < -0.39 is 0 Å². The Morgan fingerprint density at radius 1 is 0.833 bits per heavy atom. The maximum absolute atomic E-state index is 3.35. The summed E-state index contributed by atoms with van der Waals surface area (Å²) in [7, 11) is 4.44. The van der Waals surface area contributed by atoms with E-state index in [1.54, 1.807) is 0 Å². The molecule has 2 nitrogen and oxygen atoms in total. The summed E-state index contributed by atoms with van der Waals surface area (Å²) in [4.78, 5) is 0. The molecule has 1 aliphatic rings. The highest BCUT2D eigenvalue weighted by Gasteiger charge is 2.31. The van der Waals surface area contributed by atoms with Crippen LogP contribution in [0.1, 0.15) is 5.56 Å². The number of hydrogen-bond acceptors (Lipinski definition) is 1. The average Bonchev–Trinajstić information content (AvgIpc) is 2.87. The second-order valence-electron chi connectivity index (χ2n) is 6.65. The highest BCUT2D eigenvalue weighted by molar-refractivity contribution is 6.03. The van der Waals surface area contributed by atoms with Gasteiger partial charge in [0.05, 0.1) is 19.7 Å². The molecule has 118 valence electrons. The lowest BCUT2D eigenvalue weighted by molar-refractivity contribution is 0.551. The van der Waals surface area contributed by atoms with Gasteiger partial charge in [0, 0.05) is 23.5 Å². The molecule has 24 heavy (non-hydrogen) atoms. The Kier molecular flexibility index (Phi) is 3.47. The molecule has 3 aromatic rings. The van der Waals surface area contributed by atoms with Crippen LogP contribution in [-0.2, 0) is 0 Å². The van der Waals surface area contributed by atoms with Crippen LogP contribution in [0.4, 0.5) is 11.4 Å². The van der Waals surface area contributed by atoms with Gasteiger partial charge >= 0.3 is 0 Å². The second kappa shape index (κ2) is 5.66. The van der Waals surface area contributed by atoms with Gasteiger partial charge in [0.25, 0.3) is 0 Å². The lowest BCUT2D eigenvalue weighted by Crippen LogP contribution is -2.31.